The van der Waals surface area contributed by atoms with Crippen LogP contribution in [0.4, 0.5) is 5.69 Å². The van der Waals surface area contributed by atoms with Gasteiger partial charge in [-0.3, -0.25) is 14.5 Å². The van der Waals surface area contributed by atoms with Gasteiger partial charge in [-0.2, -0.15) is 5.10 Å². The Morgan fingerprint density at radius 2 is 2.04 bits per heavy atom. The average Bonchev–Trinajstić information content (AvgIpc) is 2.78. The molecule has 3 aromatic rings. The maximum atomic E-state index is 12.2. The number of aromatic nitrogens is 3. The SMILES string of the molecule is Cc1nn(C)c(C)c1CCC(=O)Nc1cnc2ccccc2c1. The van der Waals surface area contributed by atoms with Gasteiger partial charge in [-0.1, -0.05) is 18.2 Å². The van der Waals surface area contributed by atoms with Crippen LogP contribution in [-0.4, -0.2) is 20.7 Å². The second-order valence-corrected chi connectivity index (χ2v) is 5.74. The van der Waals surface area contributed by atoms with Gasteiger partial charge in [0.1, 0.15) is 0 Å². The van der Waals surface area contributed by atoms with E-state index in [2.05, 4.69) is 15.4 Å². The van der Waals surface area contributed by atoms with Crippen molar-refractivity contribution in [1.29, 1.82) is 0 Å². The Bertz CT molecular complexity index is 867. The van der Waals surface area contributed by atoms with Crippen LogP contribution >= 0.6 is 0 Å². The van der Waals surface area contributed by atoms with Gasteiger partial charge in [0.05, 0.1) is 23.1 Å². The van der Waals surface area contributed by atoms with Crippen LogP contribution in [0.5, 0.6) is 0 Å². The quantitative estimate of drug-likeness (QED) is 0.805. The zero-order chi connectivity index (χ0) is 16.4. The second-order valence-electron chi connectivity index (χ2n) is 5.74. The number of aryl methyl sites for hydroxylation is 2. The van der Waals surface area contributed by atoms with Crippen molar-refractivity contribution in [3.63, 3.8) is 0 Å². The first-order valence-corrected chi connectivity index (χ1v) is 7.68. The van der Waals surface area contributed by atoms with Gasteiger partial charge in [0, 0.05) is 24.5 Å². The van der Waals surface area contributed by atoms with Gasteiger partial charge < -0.3 is 5.32 Å². The highest BCUT2D eigenvalue weighted by atomic mass is 16.1. The van der Waals surface area contributed by atoms with E-state index in [1.165, 1.54) is 0 Å². The van der Waals surface area contributed by atoms with Crippen LogP contribution in [0.25, 0.3) is 10.9 Å². The molecule has 118 valence electrons. The Labute approximate surface area is 135 Å². The molecule has 1 N–H and O–H groups in total. The van der Waals surface area contributed by atoms with Gasteiger partial charge in [-0.05, 0) is 38.0 Å². The number of fused-ring (bicyclic) bond motifs is 1. The minimum absolute atomic E-state index is 0.00951. The summed E-state index contributed by atoms with van der Waals surface area (Å²) in [5.41, 5.74) is 4.91. The fourth-order valence-electron chi connectivity index (χ4n) is 2.78. The van der Waals surface area contributed by atoms with E-state index in [9.17, 15) is 4.79 Å². The number of nitrogens with one attached hydrogen (secondary N) is 1. The normalized spacial score (nSPS) is 10.9. The Morgan fingerprint density at radius 3 is 2.78 bits per heavy atom. The summed E-state index contributed by atoms with van der Waals surface area (Å²) in [5.74, 6) is -0.00951. The molecule has 0 atom stereocenters. The summed E-state index contributed by atoms with van der Waals surface area (Å²) in [6.45, 7) is 4.01. The standard InChI is InChI=1S/C18H20N4O/c1-12-16(13(2)22(3)21-12)8-9-18(23)20-15-10-14-6-4-5-7-17(14)19-11-15/h4-7,10-11H,8-9H2,1-3H3,(H,20,23). The van der Waals surface area contributed by atoms with E-state index in [1.807, 2.05) is 55.9 Å². The molecule has 0 aliphatic carbocycles. The van der Waals surface area contributed by atoms with Crippen molar-refractivity contribution in [3.8, 4) is 0 Å². The molecule has 2 aromatic heterocycles. The highest BCUT2D eigenvalue weighted by molar-refractivity contribution is 5.93. The molecule has 0 bridgehead atoms. The molecule has 0 radical (unpaired) electrons. The fraction of sp³-hybridized carbons (Fsp3) is 0.278. The van der Waals surface area contributed by atoms with Gasteiger partial charge >= 0.3 is 0 Å². The smallest absolute Gasteiger partial charge is 0.224 e. The first-order valence-electron chi connectivity index (χ1n) is 7.68. The second kappa shape index (κ2) is 6.20. The summed E-state index contributed by atoms with van der Waals surface area (Å²) in [6, 6.07) is 9.80. The molecule has 3 rings (SSSR count). The van der Waals surface area contributed by atoms with Crippen molar-refractivity contribution in [2.45, 2.75) is 26.7 Å². The van der Waals surface area contributed by atoms with Gasteiger partial charge in [0.2, 0.25) is 5.91 Å². The zero-order valence-corrected chi connectivity index (χ0v) is 13.6. The van der Waals surface area contributed by atoms with E-state index in [0.29, 0.717) is 12.8 Å². The largest absolute Gasteiger partial charge is 0.325 e. The molecule has 0 saturated carbocycles. The molecule has 0 aliphatic rings. The Balaban J connectivity index is 1.66. The van der Waals surface area contributed by atoms with Gasteiger partial charge in [0.25, 0.3) is 0 Å². The summed E-state index contributed by atoms with van der Waals surface area (Å²) < 4.78 is 1.86. The number of rotatable bonds is 4. The topological polar surface area (TPSA) is 59.8 Å². The van der Waals surface area contributed by atoms with Crippen LogP contribution in [-0.2, 0) is 18.3 Å². The first-order chi connectivity index (χ1) is 11.0. The Hall–Kier alpha value is -2.69. The van der Waals surface area contributed by atoms with Crippen molar-refractivity contribution < 1.29 is 4.79 Å². The third kappa shape index (κ3) is 3.23. The van der Waals surface area contributed by atoms with Crippen molar-refractivity contribution >= 4 is 22.5 Å². The lowest BCUT2D eigenvalue weighted by Gasteiger charge is -2.06. The molecule has 0 fully saturated rings. The number of hydrogen-bond acceptors (Lipinski definition) is 3. The number of benzene rings is 1. The number of carbonyl (C=O) groups excluding carboxylic acids is 1. The summed E-state index contributed by atoms with van der Waals surface area (Å²) in [7, 11) is 1.92. The number of para-hydroxylation sites is 1. The monoisotopic (exact) mass is 308 g/mol. The van der Waals surface area contributed by atoms with Gasteiger partial charge in [-0.15, -0.1) is 0 Å². The minimum Gasteiger partial charge on any atom is -0.325 e. The number of hydrogen-bond donors (Lipinski definition) is 1. The molecular weight excluding hydrogens is 288 g/mol. The van der Waals surface area contributed by atoms with Crippen LogP contribution in [0.3, 0.4) is 0 Å². The molecule has 2 heterocycles. The number of nitrogens with zero attached hydrogens (tertiary/aromatic N) is 3. The lowest BCUT2D eigenvalue weighted by Crippen LogP contribution is -2.13. The van der Waals surface area contributed by atoms with Crippen LogP contribution in [0.2, 0.25) is 0 Å². The maximum absolute atomic E-state index is 12.2. The molecule has 5 heteroatoms. The van der Waals surface area contributed by atoms with Crippen LogP contribution in [0.1, 0.15) is 23.4 Å². The number of carbonyl (C=O) groups is 1. The Kier molecular flexibility index (Phi) is 4.10. The molecule has 0 aliphatic heterocycles. The Morgan fingerprint density at radius 1 is 1.26 bits per heavy atom. The predicted octanol–water partition coefficient (Wildman–Crippen LogP) is 3.16. The van der Waals surface area contributed by atoms with E-state index >= 15 is 0 Å². The van der Waals surface area contributed by atoms with E-state index < -0.39 is 0 Å². The summed E-state index contributed by atoms with van der Waals surface area (Å²) in [6.07, 6.45) is 2.82. The third-order valence-electron chi connectivity index (χ3n) is 4.14. The molecule has 1 amide bonds. The van der Waals surface area contributed by atoms with Crippen LogP contribution in [0.15, 0.2) is 36.5 Å². The highest BCUT2D eigenvalue weighted by Crippen LogP contribution is 2.17. The van der Waals surface area contributed by atoms with Crippen molar-refractivity contribution in [2.75, 3.05) is 5.32 Å². The molecule has 5 nitrogen and oxygen atoms in total. The predicted molar refractivity (Wildman–Crippen MR) is 91.4 cm³/mol. The lowest BCUT2D eigenvalue weighted by molar-refractivity contribution is -0.116. The number of anilines is 1. The van der Waals surface area contributed by atoms with E-state index in [-0.39, 0.29) is 5.91 Å². The van der Waals surface area contributed by atoms with Crippen molar-refractivity contribution in [3.05, 3.63) is 53.5 Å². The molecular formula is C18H20N4O. The van der Waals surface area contributed by atoms with Crippen molar-refractivity contribution in [1.82, 2.24) is 14.8 Å². The maximum Gasteiger partial charge on any atom is 0.224 e. The molecule has 0 spiro atoms. The number of amides is 1. The van der Waals surface area contributed by atoms with Gasteiger partial charge in [-0.25, -0.2) is 0 Å². The van der Waals surface area contributed by atoms with E-state index in [0.717, 1.165) is 33.5 Å². The zero-order valence-electron chi connectivity index (χ0n) is 13.6. The van der Waals surface area contributed by atoms with E-state index in [4.69, 9.17) is 0 Å². The molecule has 0 unspecified atom stereocenters. The van der Waals surface area contributed by atoms with Crippen LogP contribution < -0.4 is 5.32 Å². The lowest BCUT2D eigenvalue weighted by atomic mass is 10.1. The summed E-state index contributed by atoms with van der Waals surface area (Å²) in [5, 5.41) is 8.32. The first kappa shape index (κ1) is 15.2. The summed E-state index contributed by atoms with van der Waals surface area (Å²) in [4.78, 5) is 16.5. The number of pyridine rings is 1. The summed E-state index contributed by atoms with van der Waals surface area (Å²) >= 11 is 0. The minimum atomic E-state index is -0.00951. The molecule has 23 heavy (non-hydrogen) atoms. The molecule has 1 aromatic carbocycles. The van der Waals surface area contributed by atoms with Crippen LogP contribution in [0, 0.1) is 13.8 Å². The average molecular weight is 308 g/mol. The highest BCUT2D eigenvalue weighted by Gasteiger charge is 2.11. The fourth-order valence-corrected chi connectivity index (χ4v) is 2.78. The van der Waals surface area contributed by atoms with Gasteiger partial charge in [0.15, 0.2) is 0 Å². The third-order valence-corrected chi connectivity index (χ3v) is 4.14. The van der Waals surface area contributed by atoms with E-state index in [1.54, 1.807) is 6.20 Å². The van der Waals surface area contributed by atoms with Crippen molar-refractivity contribution in [2.24, 2.45) is 7.05 Å². The molecule has 0 saturated heterocycles.